The average Bonchev–Trinajstić information content (AvgIpc) is 3.42. The Hall–Kier alpha value is -3.64. The van der Waals surface area contributed by atoms with Crippen LogP contribution in [-0.4, -0.2) is 81.5 Å². The first-order valence-corrected chi connectivity index (χ1v) is 16.3. The third-order valence-corrected chi connectivity index (χ3v) is 7.31. The number of rotatable bonds is 12. The number of hydrogen-bond donors (Lipinski definition) is 1. The number of aromatic nitrogens is 1. The molecule has 0 radical (unpaired) electrons. The lowest BCUT2D eigenvalue weighted by Crippen LogP contribution is -2.46. The molecule has 0 spiro atoms. The van der Waals surface area contributed by atoms with Gasteiger partial charge >= 0.3 is 6.18 Å². The lowest BCUT2D eigenvalue weighted by atomic mass is 10.1. The number of amides is 3. The highest BCUT2D eigenvalue weighted by Crippen LogP contribution is 2.38. The third kappa shape index (κ3) is 12.2. The fraction of sp³-hybridized carbons (Fsp3) is 0.529. The van der Waals surface area contributed by atoms with Crippen LogP contribution < -0.4 is 20.0 Å². The summed E-state index contributed by atoms with van der Waals surface area (Å²) in [6.45, 7) is 11.2. The van der Waals surface area contributed by atoms with Crippen molar-refractivity contribution in [3.05, 3.63) is 58.8 Å². The minimum absolute atomic E-state index is 0.00546. The van der Waals surface area contributed by atoms with Crippen LogP contribution in [0.25, 0.3) is 0 Å². The maximum atomic E-state index is 13.8. The number of unbranched alkanes of at least 4 members (excludes halogenated alkanes) is 1. The molecule has 0 aliphatic carbocycles. The van der Waals surface area contributed by atoms with Crippen LogP contribution in [0.1, 0.15) is 64.6 Å². The molecule has 2 heterocycles. The van der Waals surface area contributed by atoms with Gasteiger partial charge in [-0.3, -0.25) is 19.3 Å². The van der Waals surface area contributed by atoms with Gasteiger partial charge < -0.3 is 20.0 Å². The Morgan fingerprint density at radius 1 is 1.09 bits per heavy atom. The lowest BCUT2D eigenvalue weighted by Gasteiger charge is -2.31. The van der Waals surface area contributed by atoms with Gasteiger partial charge in [0.05, 0.1) is 22.0 Å². The second kappa shape index (κ2) is 19.9. The van der Waals surface area contributed by atoms with E-state index >= 15 is 0 Å². The number of para-hydroxylation sites is 1. The highest BCUT2D eigenvalue weighted by Gasteiger charge is 2.41. The van der Waals surface area contributed by atoms with Crippen molar-refractivity contribution in [3.63, 3.8) is 0 Å². The van der Waals surface area contributed by atoms with E-state index in [2.05, 4.69) is 10.3 Å². The van der Waals surface area contributed by atoms with E-state index in [1.54, 1.807) is 31.3 Å². The van der Waals surface area contributed by atoms with Crippen molar-refractivity contribution >= 4 is 46.5 Å². The number of carbonyl (C=O) groups excluding carboxylic acids is 3. The number of nitrogens with one attached hydrogen (secondary N) is 1. The van der Waals surface area contributed by atoms with E-state index in [4.69, 9.17) is 11.6 Å². The van der Waals surface area contributed by atoms with Crippen molar-refractivity contribution in [1.29, 1.82) is 0 Å². The summed E-state index contributed by atoms with van der Waals surface area (Å²) in [6.07, 6.45) is 0.263. The number of nitrogens with zero attached hydrogens (tertiary/aromatic N) is 5. The zero-order chi connectivity index (χ0) is 35.9. The fourth-order valence-electron chi connectivity index (χ4n) is 4.86. The first-order chi connectivity index (χ1) is 22.2. The molecule has 1 unspecified atom stereocenters. The Bertz CT molecular complexity index is 1350. The fourth-order valence-corrected chi connectivity index (χ4v) is 5.18. The van der Waals surface area contributed by atoms with Gasteiger partial charge in [-0.05, 0) is 64.5 Å². The van der Waals surface area contributed by atoms with Gasteiger partial charge in [-0.15, -0.1) is 0 Å². The van der Waals surface area contributed by atoms with E-state index < -0.39 is 29.6 Å². The molecule has 9 nitrogen and oxygen atoms in total. The molecule has 0 bridgehead atoms. The number of hydrogen-bond acceptors (Lipinski definition) is 6. The molecule has 3 amide bonds. The van der Waals surface area contributed by atoms with Crippen molar-refractivity contribution < 1.29 is 27.6 Å². The maximum absolute atomic E-state index is 13.8. The van der Waals surface area contributed by atoms with Crippen LogP contribution in [-0.2, 0) is 20.6 Å². The predicted octanol–water partition coefficient (Wildman–Crippen LogP) is 6.72. The topological polar surface area (TPSA) is 89.1 Å². The highest BCUT2D eigenvalue weighted by atomic mass is 35.5. The molecular formula is C34H50ClF3N6O3. The molecule has 1 aromatic heterocycles. The van der Waals surface area contributed by atoms with E-state index in [9.17, 15) is 27.6 Å². The van der Waals surface area contributed by atoms with Crippen molar-refractivity contribution in [2.24, 2.45) is 0 Å². The number of alkyl halides is 3. The summed E-state index contributed by atoms with van der Waals surface area (Å²) in [7, 11) is 7.23. The number of aryl methyl sites for hydroxylation is 1. The van der Waals surface area contributed by atoms with E-state index in [1.807, 2.05) is 58.6 Å². The Morgan fingerprint density at radius 2 is 1.74 bits per heavy atom. The SMILES string of the molecule is CC.CC.Cc1cc(C(F)(F)F)cc(N2C(=O)CCC2C(=O)N(C)c2cccc(Cl)c2N(C)CCCCNC(=O)/C=C/CN(C)C)n1. The molecular weight excluding hydrogens is 633 g/mol. The molecule has 0 saturated carbocycles. The van der Waals surface area contributed by atoms with E-state index in [0.29, 0.717) is 42.5 Å². The monoisotopic (exact) mass is 682 g/mol. The molecule has 1 aliphatic heterocycles. The van der Waals surface area contributed by atoms with Crippen LogP contribution in [0.2, 0.25) is 5.02 Å². The van der Waals surface area contributed by atoms with Gasteiger partial charge in [-0.2, -0.15) is 13.2 Å². The first-order valence-electron chi connectivity index (χ1n) is 15.9. The summed E-state index contributed by atoms with van der Waals surface area (Å²) in [5.41, 5.74) is 0.239. The lowest BCUT2D eigenvalue weighted by molar-refractivity contribution is -0.137. The maximum Gasteiger partial charge on any atom is 0.416 e. The van der Waals surface area contributed by atoms with Crippen LogP contribution in [0.3, 0.4) is 0 Å². The number of anilines is 3. The summed E-state index contributed by atoms with van der Waals surface area (Å²) < 4.78 is 40.5. The van der Waals surface area contributed by atoms with Crippen molar-refractivity contribution in [3.8, 4) is 0 Å². The molecule has 1 N–H and O–H groups in total. The van der Waals surface area contributed by atoms with Crippen molar-refractivity contribution in [2.75, 3.05) is 62.5 Å². The number of benzene rings is 1. The van der Waals surface area contributed by atoms with Crippen LogP contribution in [0.5, 0.6) is 0 Å². The molecule has 13 heteroatoms. The van der Waals surface area contributed by atoms with Gasteiger partial charge in [0.15, 0.2) is 0 Å². The largest absolute Gasteiger partial charge is 0.416 e. The van der Waals surface area contributed by atoms with Gasteiger partial charge in [-0.1, -0.05) is 51.4 Å². The van der Waals surface area contributed by atoms with Crippen molar-refractivity contribution in [1.82, 2.24) is 15.2 Å². The summed E-state index contributed by atoms with van der Waals surface area (Å²) in [5.74, 6) is -1.30. The number of pyridine rings is 1. The van der Waals surface area contributed by atoms with Crippen molar-refractivity contribution in [2.45, 2.75) is 72.5 Å². The molecule has 47 heavy (non-hydrogen) atoms. The average molecular weight is 683 g/mol. The Balaban J connectivity index is 0.00000265. The molecule has 2 aromatic rings. The second-order valence-electron chi connectivity index (χ2n) is 10.8. The molecule has 1 saturated heterocycles. The molecule has 3 rings (SSSR count). The zero-order valence-corrected chi connectivity index (χ0v) is 29.8. The number of carbonyl (C=O) groups is 3. The molecule has 1 aliphatic rings. The molecule has 262 valence electrons. The predicted molar refractivity (Wildman–Crippen MR) is 185 cm³/mol. The van der Waals surface area contributed by atoms with Crippen LogP contribution in [0.4, 0.5) is 30.4 Å². The van der Waals surface area contributed by atoms with E-state index in [0.717, 1.165) is 23.5 Å². The van der Waals surface area contributed by atoms with Gasteiger partial charge in [0, 0.05) is 51.9 Å². The minimum atomic E-state index is -4.63. The number of halogens is 4. The normalized spacial score (nSPS) is 14.4. The van der Waals surface area contributed by atoms with Gasteiger partial charge in [0.1, 0.15) is 11.9 Å². The Kier molecular flexibility index (Phi) is 17.5. The molecule has 1 atom stereocenters. The summed E-state index contributed by atoms with van der Waals surface area (Å²) in [6, 6.07) is 5.81. The Morgan fingerprint density at radius 3 is 2.36 bits per heavy atom. The van der Waals surface area contributed by atoms with Gasteiger partial charge in [-0.25, -0.2) is 4.98 Å². The van der Waals surface area contributed by atoms with E-state index in [-0.39, 0.29) is 30.3 Å². The van der Waals surface area contributed by atoms with Crippen LogP contribution >= 0.6 is 11.6 Å². The van der Waals surface area contributed by atoms with Crippen LogP contribution in [0.15, 0.2) is 42.5 Å². The number of likely N-dealkylation sites (N-methyl/N-ethyl adjacent to an activating group) is 2. The summed E-state index contributed by atoms with van der Waals surface area (Å²) >= 11 is 6.58. The third-order valence-electron chi connectivity index (χ3n) is 7.01. The van der Waals surface area contributed by atoms with Gasteiger partial charge in [0.2, 0.25) is 17.7 Å². The van der Waals surface area contributed by atoms with E-state index in [1.165, 1.54) is 17.9 Å². The Labute approximate surface area is 282 Å². The van der Waals surface area contributed by atoms with Crippen LogP contribution in [0, 0.1) is 6.92 Å². The molecule has 1 aromatic carbocycles. The summed E-state index contributed by atoms with van der Waals surface area (Å²) in [5, 5.41) is 3.26. The molecule has 1 fully saturated rings. The quantitative estimate of drug-likeness (QED) is 0.198. The van der Waals surface area contributed by atoms with Gasteiger partial charge in [0.25, 0.3) is 0 Å². The minimum Gasteiger partial charge on any atom is -0.372 e. The second-order valence-corrected chi connectivity index (χ2v) is 11.2. The summed E-state index contributed by atoms with van der Waals surface area (Å²) in [4.78, 5) is 49.0. The smallest absolute Gasteiger partial charge is 0.372 e. The highest BCUT2D eigenvalue weighted by molar-refractivity contribution is 6.34. The standard InChI is InChI=1S/C30H38ClF3N6O3.2C2H6/c1-20-18-21(30(32,33)34)19-25(36-20)40-24(13-14-27(40)42)29(43)39(5)23-11-8-10-22(31)28(23)38(4)17-7-6-15-35-26(41)12-9-16-37(2)3;2*1-2/h8-12,18-19,24H,6-7,13-17H2,1-5H3,(H,35,41);2*1-2H3/b12-9+;;. The first kappa shape index (κ1) is 41.4. The zero-order valence-electron chi connectivity index (χ0n) is 29.0.